The predicted molar refractivity (Wildman–Crippen MR) is 83.6 cm³/mol. The standard InChI is InChI=1S/C14H10BrFN2OS/c1-19-9-3-4-10(15)11(7-9)17-14-18-12-6-8(16)2-5-13(12)20-14/h2-7H,1H3,(H,17,18). The molecule has 20 heavy (non-hydrogen) atoms. The average Bonchev–Trinajstić information content (AvgIpc) is 2.82. The van der Waals surface area contributed by atoms with Crippen molar-refractivity contribution in [3.05, 3.63) is 46.7 Å². The van der Waals surface area contributed by atoms with Crippen molar-refractivity contribution in [2.75, 3.05) is 12.4 Å². The maximum Gasteiger partial charge on any atom is 0.188 e. The van der Waals surface area contributed by atoms with E-state index in [0.717, 1.165) is 20.6 Å². The summed E-state index contributed by atoms with van der Waals surface area (Å²) in [5.74, 6) is 0.472. The molecule has 0 radical (unpaired) electrons. The van der Waals surface area contributed by atoms with Crippen LogP contribution in [0.15, 0.2) is 40.9 Å². The third-order valence-corrected chi connectivity index (χ3v) is 4.41. The molecule has 1 N–H and O–H groups in total. The van der Waals surface area contributed by atoms with E-state index in [1.807, 2.05) is 18.2 Å². The normalized spacial score (nSPS) is 10.8. The van der Waals surface area contributed by atoms with E-state index in [1.54, 1.807) is 13.2 Å². The number of ether oxygens (including phenoxy) is 1. The van der Waals surface area contributed by atoms with Gasteiger partial charge in [-0.3, -0.25) is 0 Å². The lowest BCUT2D eigenvalue weighted by molar-refractivity contribution is 0.415. The second-order valence-electron chi connectivity index (χ2n) is 4.10. The average molecular weight is 353 g/mol. The number of rotatable bonds is 3. The molecule has 3 rings (SSSR count). The second-order valence-corrected chi connectivity index (χ2v) is 5.99. The second kappa shape index (κ2) is 5.38. The summed E-state index contributed by atoms with van der Waals surface area (Å²) in [6.07, 6.45) is 0. The summed E-state index contributed by atoms with van der Waals surface area (Å²) in [6, 6.07) is 10.2. The number of aromatic nitrogens is 1. The molecule has 102 valence electrons. The number of halogens is 2. The highest BCUT2D eigenvalue weighted by atomic mass is 79.9. The smallest absolute Gasteiger partial charge is 0.188 e. The Hall–Kier alpha value is -1.66. The molecule has 0 saturated carbocycles. The number of benzene rings is 2. The van der Waals surface area contributed by atoms with E-state index >= 15 is 0 Å². The highest BCUT2D eigenvalue weighted by molar-refractivity contribution is 9.10. The van der Waals surface area contributed by atoms with E-state index in [0.29, 0.717) is 10.6 Å². The van der Waals surface area contributed by atoms with Crippen LogP contribution < -0.4 is 10.1 Å². The quantitative estimate of drug-likeness (QED) is 0.723. The first kappa shape index (κ1) is 13.3. The van der Waals surface area contributed by atoms with Crippen LogP contribution in [-0.4, -0.2) is 12.1 Å². The number of hydrogen-bond donors (Lipinski definition) is 1. The number of nitrogens with one attached hydrogen (secondary N) is 1. The summed E-state index contributed by atoms with van der Waals surface area (Å²) in [5, 5.41) is 3.92. The van der Waals surface area contributed by atoms with Crippen molar-refractivity contribution in [2.45, 2.75) is 0 Å². The van der Waals surface area contributed by atoms with Gasteiger partial charge in [0.1, 0.15) is 11.6 Å². The molecule has 0 aliphatic heterocycles. The molecule has 0 aliphatic carbocycles. The molecular formula is C14H10BrFN2OS. The van der Waals surface area contributed by atoms with Crippen LogP contribution in [0.1, 0.15) is 0 Å². The fraction of sp³-hybridized carbons (Fsp3) is 0.0714. The van der Waals surface area contributed by atoms with Gasteiger partial charge in [0.15, 0.2) is 5.13 Å². The lowest BCUT2D eigenvalue weighted by Gasteiger charge is -2.07. The molecule has 0 spiro atoms. The highest BCUT2D eigenvalue weighted by Gasteiger charge is 2.08. The molecule has 0 fully saturated rings. The Bertz CT molecular complexity index is 775. The fourth-order valence-electron chi connectivity index (χ4n) is 1.80. The molecule has 0 atom stereocenters. The predicted octanol–water partition coefficient (Wildman–Crippen LogP) is 4.95. The number of hydrogen-bond acceptors (Lipinski definition) is 4. The van der Waals surface area contributed by atoms with E-state index in [1.165, 1.54) is 23.5 Å². The largest absolute Gasteiger partial charge is 0.497 e. The molecule has 0 unspecified atom stereocenters. The Kier molecular flexibility index (Phi) is 3.58. The molecular weight excluding hydrogens is 343 g/mol. The molecule has 6 heteroatoms. The van der Waals surface area contributed by atoms with Crippen LogP contribution >= 0.6 is 27.3 Å². The van der Waals surface area contributed by atoms with Crippen molar-refractivity contribution in [3.63, 3.8) is 0 Å². The Labute approximate surface area is 127 Å². The van der Waals surface area contributed by atoms with Crippen molar-refractivity contribution in [1.82, 2.24) is 4.98 Å². The van der Waals surface area contributed by atoms with E-state index in [4.69, 9.17) is 4.74 Å². The van der Waals surface area contributed by atoms with Crippen LogP contribution in [0, 0.1) is 5.82 Å². The van der Waals surface area contributed by atoms with Gasteiger partial charge in [-0.05, 0) is 40.2 Å². The van der Waals surface area contributed by atoms with E-state index in [-0.39, 0.29) is 5.82 Å². The van der Waals surface area contributed by atoms with E-state index in [9.17, 15) is 4.39 Å². The molecule has 3 aromatic rings. The summed E-state index contributed by atoms with van der Waals surface area (Å²) < 4.78 is 20.2. The molecule has 0 amide bonds. The van der Waals surface area contributed by atoms with Crippen LogP contribution in [0.2, 0.25) is 0 Å². The van der Waals surface area contributed by atoms with Crippen molar-refractivity contribution in [3.8, 4) is 5.75 Å². The Balaban J connectivity index is 1.96. The SMILES string of the molecule is COc1ccc(Br)c(Nc2nc3cc(F)ccc3s2)c1. The van der Waals surface area contributed by atoms with Gasteiger partial charge in [-0.2, -0.15) is 0 Å². The van der Waals surface area contributed by atoms with Gasteiger partial charge in [0.2, 0.25) is 0 Å². The summed E-state index contributed by atoms with van der Waals surface area (Å²) in [4.78, 5) is 4.37. The minimum absolute atomic E-state index is 0.281. The lowest BCUT2D eigenvalue weighted by atomic mass is 10.3. The molecule has 0 aliphatic rings. The topological polar surface area (TPSA) is 34.1 Å². The Morgan fingerprint density at radius 1 is 1.25 bits per heavy atom. The van der Waals surface area contributed by atoms with Crippen LogP contribution in [0.5, 0.6) is 5.75 Å². The summed E-state index contributed by atoms with van der Waals surface area (Å²) in [6.45, 7) is 0. The number of methoxy groups -OCH3 is 1. The Morgan fingerprint density at radius 3 is 2.90 bits per heavy atom. The highest BCUT2D eigenvalue weighted by Crippen LogP contribution is 2.33. The molecule has 1 heterocycles. The number of anilines is 2. The Morgan fingerprint density at radius 2 is 2.10 bits per heavy atom. The molecule has 0 bridgehead atoms. The number of thiazole rings is 1. The number of nitrogens with zero attached hydrogens (tertiary/aromatic N) is 1. The van der Waals surface area contributed by atoms with Crippen LogP contribution in [0.25, 0.3) is 10.2 Å². The first-order valence-electron chi connectivity index (χ1n) is 5.82. The van der Waals surface area contributed by atoms with Crippen molar-refractivity contribution >= 4 is 48.3 Å². The van der Waals surface area contributed by atoms with Gasteiger partial charge in [-0.15, -0.1) is 0 Å². The van der Waals surface area contributed by atoms with Gasteiger partial charge in [0.05, 0.1) is 23.0 Å². The molecule has 2 aromatic carbocycles. The summed E-state index contributed by atoms with van der Waals surface area (Å²) in [7, 11) is 1.62. The van der Waals surface area contributed by atoms with Gasteiger partial charge >= 0.3 is 0 Å². The monoisotopic (exact) mass is 352 g/mol. The molecule has 0 saturated heterocycles. The van der Waals surface area contributed by atoms with Crippen molar-refractivity contribution < 1.29 is 9.13 Å². The zero-order valence-electron chi connectivity index (χ0n) is 10.5. The van der Waals surface area contributed by atoms with Crippen molar-refractivity contribution in [2.24, 2.45) is 0 Å². The van der Waals surface area contributed by atoms with Gasteiger partial charge in [-0.25, -0.2) is 9.37 Å². The van der Waals surface area contributed by atoms with Gasteiger partial charge in [0, 0.05) is 16.6 Å². The zero-order chi connectivity index (χ0) is 14.1. The number of fused-ring (bicyclic) bond motifs is 1. The maximum absolute atomic E-state index is 13.2. The summed E-state index contributed by atoms with van der Waals surface area (Å²) in [5.41, 5.74) is 1.50. The lowest BCUT2D eigenvalue weighted by Crippen LogP contribution is -1.92. The van der Waals surface area contributed by atoms with Gasteiger partial charge in [0.25, 0.3) is 0 Å². The van der Waals surface area contributed by atoms with E-state index in [2.05, 4.69) is 26.2 Å². The van der Waals surface area contributed by atoms with Crippen LogP contribution in [-0.2, 0) is 0 Å². The fourth-order valence-corrected chi connectivity index (χ4v) is 3.00. The van der Waals surface area contributed by atoms with Crippen molar-refractivity contribution in [1.29, 1.82) is 0 Å². The molecule has 1 aromatic heterocycles. The minimum Gasteiger partial charge on any atom is -0.497 e. The van der Waals surface area contributed by atoms with Gasteiger partial charge in [-0.1, -0.05) is 11.3 Å². The molecule has 3 nitrogen and oxygen atoms in total. The minimum atomic E-state index is -0.281. The van der Waals surface area contributed by atoms with Crippen LogP contribution in [0.4, 0.5) is 15.2 Å². The van der Waals surface area contributed by atoms with Crippen LogP contribution in [0.3, 0.4) is 0 Å². The third kappa shape index (κ3) is 2.62. The first-order chi connectivity index (χ1) is 9.65. The third-order valence-electron chi connectivity index (χ3n) is 2.76. The first-order valence-corrected chi connectivity index (χ1v) is 7.43. The zero-order valence-corrected chi connectivity index (χ0v) is 12.9. The summed E-state index contributed by atoms with van der Waals surface area (Å²) >= 11 is 4.94. The maximum atomic E-state index is 13.2. The van der Waals surface area contributed by atoms with E-state index < -0.39 is 0 Å². The van der Waals surface area contributed by atoms with Gasteiger partial charge < -0.3 is 10.1 Å².